The Bertz CT molecular complexity index is 686. The predicted molar refractivity (Wildman–Crippen MR) is 84.3 cm³/mol. The highest BCUT2D eigenvalue weighted by Gasteiger charge is 2.19. The summed E-state index contributed by atoms with van der Waals surface area (Å²) < 4.78 is 0. The van der Waals surface area contributed by atoms with Gasteiger partial charge in [-0.1, -0.05) is 18.2 Å². The predicted octanol–water partition coefficient (Wildman–Crippen LogP) is 2.90. The number of likely N-dealkylation sites (tertiary alicyclic amines) is 1. The number of H-pyrrole nitrogens is 1. The van der Waals surface area contributed by atoms with Crippen LogP contribution in [-0.2, 0) is 0 Å². The summed E-state index contributed by atoms with van der Waals surface area (Å²) >= 11 is 0. The van der Waals surface area contributed by atoms with Gasteiger partial charge in [-0.05, 0) is 63.0 Å². The first-order chi connectivity index (χ1) is 10.1. The molecule has 0 spiro atoms. The highest BCUT2D eigenvalue weighted by molar-refractivity contribution is 5.63. The van der Waals surface area contributed by atoms with Gasteiger partial charge in [0, 0.05) is 6.04 Å². The average Bonchev–Trinajstić information content (AvgIpc) is 3.03. The topological polar surface area (TPSA) is 49.0 Å². The van der Waals surface area contributed by atoms with Crippen LogP contribution in [-0.4, -0.2) is 28.2 Å². The Kier molecular flexibility index (Phi) is 3.88. The van der Waals surface area contributed by atoms with Crippen LogP contribution in [0.3, 0.4) is 0 Å². The van der Waals surface area contributed by atoms with Gasteiger partial charge in [0.25, 0.3) is 5.56 Å². The summed E-state index contributed by atoms with van der Waals surface area (Å²) in [7, 11) is 0. The molecule has 0 bridgehead atoms. The first kappa shape index (κ1) is 14.0. The third-order valence-electron chi connectivity index (χ3n) is 4.30. The van der Waals surface area contributed by atoms with Crippen molar-refractivity contribution < 1.29 is 0 Å². The fourth-order valence-electron chi connectivity index (χ4n) is 3.03. The molecule has 1 saturated heterocycles. The number of benzene rings is 1. The zero-order valence-electron chi connectivity index (χ0n) is 12.6. The normalized spacial score (nSPS) is 17.0. The quantitative estimate of drug-likeness (QED) is 0.942. The average molecular weight is 283 g/mol. The molecule has 1 aromatic heterocycles. The van der Waals surface area contributed by atoms with E-state index in [1.165, 1.54) is 31.5 Å². The molecule has 1 fully saturated rings. The van der Waals surface area contributed by atoms with Crippen LogP contribution in [0.25, 0.3) is 11.1 Å². The van der Waals surface area contributed by atoms with E-state index < -0.39 is 0 Å². The number of aromatic amines is 1. The van der Waals surface area contributed by atoms with Crippen LogP contribution < -0.4 is 5.56 Å². The molecule has 2 heterocycles. The van der Waals surface area contributed by atoms with Gasteiger partial charge in [0.2, 0.25) is 0 Å². The summed E-state index contributed by atoms with van der Waals surface area (Å²) in [6.07, 6.45) is 2.57. The van der Waals surface area contributed by atoms with E-state index in [4.69, 9.17) is 0 Å². The minimum Gasteiger partial charge on any atom is -0.297 e. The first-order valence-corrected chi connectivity index (χ1v) is 7.56. The molecular weight excluding hydrogens is 262 g/mol. The van der Waals surface area contributed by atoms with Crippen LogP contribution in [0.2, 0.25) is 0 Å². The zero-order valence-corrected chi connectivity index (χ0v) is 12.6. The van der Waals surface area contributed by atoms with Crippen molar-refractivity contribution in [2.24, 2.45) is 0 Å². The van der Waals surface area contributed by atoms with Gasteiger partial charge in [0.1, 0.15) is 0 Å². The van der Waals surface area contributed by atoms with Crippen LogP contribution in [0.15, 0.2) is 35.1 Å². The Hall–Kier alpha value is -1.94. The monoisotopic (exact) mass is 283 g/mol. The molecule has 1 aromatic carbocycles. The van der Waals surface area contributed by atoms with Gasteiger partial charge >= 0.3 is 0 Å². The molecule has 0 saturated carbocycles. The lowest BCUT2D eigenvalue weighted by Gasteiger charge is -2.24. The van der Waals surface area contributed by atoms with E-state index in [2.05, 4.69) is 34.2 Å². The zero-order chi connectivity index (χ0) is 14.8. The van der Waals surface area contributed by atoms with E-state index in [1.807, 2.05) is 25.1 Å². The number of hydrogen-bond acceptors (Lipinski definition) is 3. The minimum absolute atomic E-state index is 0.133. The number of rotatable bonds is 3. The number of aryl methyl sites for hydroxylation is 1. The van der Waals surface area contributed by atoms with Crippen LogP contribution in [0, 0.1) is 6.92 Å². The summed E-state index contributed by atoms with van der Waals surface area (Å²) in [6.45, 7) is 6.46. The molecule has 1 aliphatic rings. The molecular formula is C17H21N3O. The standard InChI is InChI=1S/C17H21N3O/c1-12-10-16(17(21)19-18-12)15-7-5-6-14(11-15)13(2)20-8-3-4-9-20/h5-7,10-11,13H,3-4,8-9H2,1-2H3,(H,19,21)/t13-/m0/s1. The lowest BCUT2D eigenvalue weighted by Crippen LogP contribution is -2.23. The van der Waals surface area contributed by atoms with Gasteiger partial charge in [-0.15, -0.1) is 0 Å². The largest absolute Gasteiger partial charge is 0.297 e. The van der Waals surface area contributed by atoms with Gasteiger partial charge < -0.3 is 0 Å². The molecule has 21 heavy (non-hydrogen) atoms. The van der Waals surface area contributed by atoms with Gasteiger partial charge in [-0.3, -0.25) is 9.69 Å². The molecule has 0 amide bonds. The van der Waals surface area contributed by atoms with Gasteiger partial charge in [0.15, 0.2) is 0 Å². The Balaban J connectivity index is 1.96. The first-order valence-electron chi connectivity index (χ1n) is 7.56. The molecule has 3 rings (SSSR count). The molecule has 1 N–H and O–H groups in total. The molecule has 1 atom stereocenters. The maximum Gasteiger partial charge on any atom is 0.272 e. The third-order valence-corrected chi connectivity index (χ3v) is 4.30. The maximum absolute atomic E-state index is 12.0. The van der Waals surface area contributed by atoms with E-state index >= 15 is 0 Å². The summed E-state index contributed by atoms with van der Waals surface area (Å²) in [4.78, 5) is 14.5. The number of nitrogens with zero attached hydrogens (tertiary/aromatic N) is 2. The van der Waals surface area contributed by atoms with E-state index in [-0.39, 0.29) is 5.56 Å². The van der Waals surface area contributed by atoms with Crippen molar-refractivity contribution in [3.05, 3.63) is 51.9 Å². The Labute approximate surface area is 124 Å². The molecule has 0 radical (unpaired) electrons. The molecule has 1 aliphatic heterocycles. The van der Waals surface area contributed by atoms with E-state index in [1.54, 1.807) is 0 Å². The van der Waals surface area contributed by atoms with Gasteiger partial charge in [0.05, 0.1) is 11.3 Å². The van der Waals surface area contributed by atoms with Crippen LogP contribution in [0.1, 0.15) is 37.1 Å². The van der Waals surface area contributed by atoms with Crippen molar-refractivity contribution >= 4 is 0 Å². The van der Waals surface area contributed by atoms with Crippen LogP contribution in [0.4, 0.5) is 0 Å². The van der Waals surface area contributed by atoms with Gasteiger partial charge in [-0.2, -0.15) is 5.10 Å². The molecule has 4 nitrogen and oxygen atoms in total. The Morgan fingerprint density at radius 3 is 2.76 bits per heavy atom. The van der Waals surface area contributed by atoms with Crippen LogP contribution in [0.5, 0.6) is 0 Å². The summed E-state index contributed by atoms with van der Waals surface area (Å²) in [5.41, 5.74) is 3.61. The fourth-order valence-corrected chi connectivity index (χ4v) is 3.03. The molecule has 110 valence electrons. The molecule has 2 aromatic rings. The summed E-state index contributed by atoms with van der Waals surface area (Å²) in [5.74, 6) is 0. The fraction of sp³-hybridized carbons (Fsp3) is 0.412. The van der Waals surface area contributed by atoms with E-state index in [0.29, 0.717) is 11.6 Å². The molecule has 4 heteroatoms. The van der Waals surface area contributed by atoms with Crippen molar-refractivity contribution in [3.63, 3.8) is 0 Å². The van der Waals surface area contributed by atoms with Crippen molar-refractivity contribution in [1.29, 1.82) is 0 Å². The maximum atomic E-state index is 12.0. The van der Waals surface area contributed by atoms with E-state index in [0.717, 1.165) is 11.3 Å². The molecule has 0 aliphatic carbocycles. The van der Waals surface area contributed by atoms with Crippen molar-refractivity contribution in [1.82, 2.24) is 15.1 Å². The second-order valence-electron chi connectivity index (χ2n) is 5.80. The number of hydrogen-bond donors (Lipinski definition) is 1. The number of nitrogens with one attached hydrogen (secondary N) is 1. The second-order valence-corrected chi connectivity index (χ2v) is 5.80. The minimum atomic E-state index is -0.133. The van der Waals surface area contributed by atoms with E-state index in [9.17, 15) is 4.79 Å². The van der Waals surface area contributed by atoms with Gasteiger partial charge in [-0.25, -0.2) is 5.10 Å². The third kappa shape index (κ3) is 2.90. The molecule has 0 unspecified atom stereocenters. The van der Waals surface area contributed by atoms with Crippen LogP contribution >= 0.6 is 0 Å². The lowest BCUT2D eigenvalue weighted by molar-refractivity contribution is 0.263. The highest BCUT2D eigenvalue weighted by Crippen LogP contribution is 2.27. The smallest absolute Gasteiger partial charge is 0.272 e. The van der Waals surface area contributed by atoms with Crippen molar-refractivity contribution in [3.8, 4) is 11.1 Å². The van der Waals surface area contributed by atoms with Crippen molar-refractivity contribution in [2.75, 3.05) is 13.1 Å². The SMILES string of the molecule is Cc1cc(-c2cccc([C@H](C)N3CCCC3)c2)c(=O)[nH]n1. The second kappa shape index (κ2) is 5.82. The number of aromatic nitrogens is 2. The Morgan fingerprint density at radius 2 is 2.00 bits per heavy atom. The summed E-state index contributed by atoms with van der Waals surface area (Å²) in [5, 5.41) is 6.49. The summed E-state index contributed by atoms with van der Waals surface area (Å²) in [6, 6.07) is 10.5. The highest BCUT2D eigenvalue weighted by atomic mass is 16.1. The lowest BCUT2D eigenvalue weighted by atomic mass is 10.0. The Morgan fingerprint density at radius 1 is 1.24 bits per heavy atom. The van der Waals surface area contributed by atoms with Crippen molar-refractivity contribution in [2.45, 2.75) is 32.7 Å².